The minimum absolute atomic E-state index is 0.172. The summed E-state index contributed by atoms with van der Waals surface area (Å²) in [6, 6.07) is 0. The summed E-state index contributed by atoms with van der Waals surface area (Å²) in [5.41, 5.74) is 0. The number of carbonyl (C=O) groups excluding carboxylic acids is 2. The number of rotatable bonds is 57. The number of ether oxygens (including phenoxy) is 4. The zero-order valence-corrected chi connectivity index (χ0v) is 53.0. The Hall–Kier alpha value is -5.35. The van der Waals surface area contributed by atoms with Gasteiger partial charge in [0.05, 0.1) is 34.4 Å². The van der Waals surface area contributed by atoms with Gasteiger partial charge in [-0.3, -0.25) is 9.59 Å². The van der Waals surface area contributed by atoms with E-state index in [1.807, 2.05) is 21.1 Å². The van der Waals surface area contributed by atoms with Crippen LogP contribution in [0.3, 0.4) is 0 Å². The molecule has 0 rings (SSSR count). The molecule has 466 valence electrons. The van der Waals surface area contributed by atoms with Crippen LogP contribution in [0.2, 0.25) is 0 Å². The molecule has 0 bridgehead atoms. The van der Waals surface area contributed by atoms with Crippen LogP contribution < -0.4 is 0 Å². The molecule has 0 aromatic carbocycles. The van der Waals surface area contributed by atoms with Crippen molar-refractivity contribution in [2.75, 3.05) is 47.5 Å². The van der Waals surface area contributed by atoms with Gasteiger partial charge in [-0.25, -0.2) is 4.79 Å². The van der Waals surface area contributed by atoms with E-state index in [2.05, 4.69) is 184 Å². The highest BCUT2D eigenvalue weighted by atomic mass is 16.7. The molecule has 9 nitrogen and oxygen atoms in total. The predicted molar refractivity (Wildman–Crippen MR) is 354 cm³/mol. The highest BCUT2D eigenvalue weighted by Gasteiger charge is 2.25. The van der Waals surface area contributed by atoms with Gasteiger partial charge in [0.2, 0.25) is 0 Å². The van der Waals surface area contributed by atoms with Gasteiger partial charge in [0, 0.05) is 12.8 Å². The molecule has 2 atom stereocenters. The molecule has 0 fully saturated rings. The molecular weight excluding hydrogens is 1030 g/mol. The number of aliphatic carboxylic acids is 1. The standard InChI is InChI=1S/C74H117NO8/c1-6-8-10-12-14-16-18-20-22-24-26-28-30-32-33-34-35-36-37-38-39-41-43-45-47-49-51-53-55-57-59-61-63-65-72(77)83-70(69-82-74(73(78)79)80-67-66-75(3,4)5)68-81-71(76)64-62-60-58-56-54-52-50-48-46-44-42-40-31-29-27-25-23-21-19-17-15-13-11-9-7-2/h8-11,14-17,20-23,26-29,32-33,35-36,38-40,42,46,48,52,54,70,74H,6-7,12-13,18-19,24-25,30-31,34,37,41,43-45,47,49-51,53,55-69H2,1-5H3/p+1/b10-8-,11-9-,16-14-,17-15-,22-20-,23-21-,28-26-,29-27-,33-32-,36-35-,39-38-,42-40-,48-46-,54-52-. The fraction of sp³-hybridized carbons (Fsp3) is 0.581. The lowest BCUT2D eigenvalue weighted by Gasteiger charge is -2.25. The summed E-state index contributed by atoms with van der Waals surface area (Å²) in [5, 5.41) is 9.73. The molecule has 1 N–H and O–H groups in total. The summed E-state index contributed by atoms with van der Waals surface area (Å²) in [6.07, 6.45) is 91.5. The molecule has 0 amide bonds. The second-order valence-electron chi connectivity index (χ2n) is 22.0. The first-order valence-electron chi connectivity index (χ1n) is 32.3. The van der Waals surface area contributed by atoms with Gasteiger partial charge in [-0.05, 0) is 128 Å². The molecule has 9 heteroatoms. The minimum Gasteiger partial charge on any atom is -0.477 e. The van der Waals surface area contributed by atoms with Crippen molar-refractivity contribution in [3.05, 3.63) is 170 Å². The third-order valence-corrected chi connectivity index (χ3v) is 13.0. The Kier molecular flexibility index (Phi) is 58.6. The number of likely N-dealkylation sites (N-methyl/N-ethyl adjacent to an activating group) is 1. The molecule has 0 radical (unpaired) electrons. The van der Waals surface area contributed by atoms with Crippen molar-refractivity contribution in [3.8, 4) is 0 Å². The molecule has 2 unspecified atom stereocenters. The molecule has 0 aromatic rings. The fourth-order valence-electron chi connectivity index (χ4n) is 8.09. The fourth-order valence-corrected chi connectivity index (χ4v) is 8.09. The van der Waals surface area contributed by atoms with Gasteiger partial charge in [-0.1, -0.05) is 248 Å². The number of hydrogen-bond acceptors (Lipinski definition) is 7. The van der Waals surface area contributed by atoms with Gasteiger partial charge in [-0.2, -0.15) is 0 Å². The summed E-state index contributed by atoms with van der Waals surface area (Å²) in [6.45, 7) is 4.58. The van der Waals surface area contributed by atoms with Crippen molar-refractivity contribution in [1.82, 2.24) is 0 Å². The molecule has 0 saturated carbocycles. The average molecular weight is 1150 g/mol. The average Bonchev–Trinajstić information content (AvgIpc) is 3.46. The molecule has 0 spiro atoms. The van der Waals surface area contributed by atoms with E-state index in [0.717, 1.165) is 135 Å². The van der Waals surface area contributed by atoms with Crippen LogP contribution >= 0.6 is 0 Å². The second kappa shape index (κ2) is 62.7. The van der Waals surface area contributed by atoms with Crippen LogP contribution in [0.15, 0.2) is 170 Å². The highest BCUT2D eigenvalue weighted by Crippen LogP contribution is 2.15. The molecule has 0 aliphatic rings. The van der Waals surface area contributed by atoms with Crippen molar-refractivity contribution in [3.63, 3.8) is 0 Å². The first-order chi connectivity index (χ1) is 40.6. The Labute approximate surface area is 507 Å². The number of quaternary nitrogens is 1. The lowest BCUT2D eigenvalue weighted by molar-refractivity contribution is -0.870. The number of nitrogens with zero attached hydrogens (tertiary/aromatic N) is 1. The first kappa shape index (κ1) is 77.7. The van der Waals surface area contributed by atoms with Crippen molar-refractivity contribution < 1.29 is 42.9 Å². The van der Waals surface area contributed by atoms with E-state index in [1.165, 1.54) is 44.9 Å². The monoisotopic (exact) mass is 1150 g/mol. The third kappa shape index (κ3) is 64.1. The topological polar surface area (TPSA) is 108 Å². The van der Waals surface area contributed by atoms with Crippen LogP contribution in [0, 0.1) is 0 Å². The summed E-state index contributed by atoms with van der Waals surface area (Å²) < 4.78 is 22.9. The van der Waals surface area contributed by atoms with Gasteiger partial charge < -0.3 is 28.5 Å². The Bertz CT molecular complexity index is 1960. The Balaban J connectivity index is 4.29. The smallest absolute Gasteiger partial charge is 0.361 e. The van der Waals surface area contributed by atoms with Gasteiger partial charge in [0.1, 0.15) is 13.2 Å². The third-order valence-electron chi connectivity index (χ3n) is 13.0. The Morgan fingerprint density at radius 2 is 0.651 bits per heavy atom. The van der Waals surface area contributed by atoms with Crippen LogP contribution in [0.4, 0.5) is 0 Å². The zero-order valence-electron chi connectivity index (χ0n) is 53.0. The van der Waals surface area contributed by atoms with E-state index >= 15 is 0 Å². The summed E-state index contributed by atoms with van der Waals surface area (Å²) >= 11 is 0. The maximum absolute atomic E-state index is 12.9. The normalized spacial score (nSPS) is 13.9. The van der Waals surface area contributed by atoms with E-state index in [4.69, 9.17) is 18.9 Å². The van der Waals surface area contributed by atoms with Gasteiger partial charge in [0.15, 0.2) is 6.10 Å². The number of allylic oxidation sites excluding steroid dienone is 28. The number of carboxylic acid groups (broad SMARTS) is 1. The molecular formula is C74H118NO8+. The van der Waals surface area contributed by atoms with E-state index in [1.54, 1.807) is 0 Å². The Morgan fingerprint density at radius 3 is 0.976 bits per heavy atom. The first-order valence-corrected chi connectivity index (χ1v) is 32.3. The van der Waals surface area contributed by atoms with E-state index in [9.17, 15) is 19.5 Å². The summed E-state index contributed by atoms with van der Waals surface area (Å²) in [5.74, 6) is -2.07. The predicted octanol–water partition coefficient (Wildman–Crippen LogP) is 19.9. The van der Waals surface area contributed by atoms with Crippen molar-refractivity contribution in [2.24, 2.45) is 0 Å². The number of hydrogen-bond donors (Lipinski definition) is 1. The van der Waals surface area contributed by atoms with Crippen LogP contribution in [0.5, 0.6) is 0 Å². The number of carbonyl (C=O) groups is 3. The zero-order chi connectivity index (χ0) is 60.5. The maximum Gasteiger partial charge on any atom is 0.361 e. The van der Waals surface area contributed by atoms with Crippen molar-refractivity contribution in [1.29, 1.82) is 0 Å². The van der Waals surface area contributed by atoms with Crippen molar-refractivity contribution in [2.45, 2.75) is 232 Å². The molecule has 0 aliphatic heterocycles. The van der Waals surface area contributed by atoms with E-state index < -0.39 is 24.3 Å². The van der Waals surface area contributed by atoms with Crippen LogP contribution in [-0.2, 0) is 33.3 Å². The molecule has 0 saturated heterocycles. The van der Waals surface area contributed by atoms with E-state index in [-0.39, 0.29) is 38.6 Å². The number of unbranched alkanes of at least 4 members (excludes halogenated alkanes) is 14. The lowest BCUT2D eigenvalue weighted by atomic mass is 10.0. The lowest BCUT2D eigenvalue weighted by Crippen LogP contribution is -2.40. The minimum atomic E-state index is -1.53. The van der Waals surface area contributed by atoms with Crippen LogP contribution in [-0.4, -0.2) is 87.4 Å². The van der Waals surface area contributed by atoms with Crippen molar-refractivity contribution >= 4 is 17.9 Å². The largest absolute Gasteiger partial charge is 0.477 e. The summed E-state index contributed by atoms with van der Waals surface area (Å²) in [7, 11) is 5.95. The molecule has 83 heavy (non-hydrogen) atoms. The van der Waals surface area contributed by atoms with E-state index in [0.29, 0.717) is 23.9 Å². The van der Waals surface area contributed by atoms with Crippen LogP contribution in [0.1, 0.15) is 219 Å². The quantitative estimate of drug-likeness (QED) is 0.0211. The molecule has 0 heterocycles. The van der Waals surface area contributed by atoms with Gasteiger partial charge >= 0.3 is 17.9 Å². The highest BCUT2D eigenvalue weighted by molar-refractivity contribution is 5.71. The van der Waals surface area contributed by atoms with Crippen LogP contribution in [0.25, 0.3) is 0 Å². The number of esters is 2. The molecule has 0 aromatic heterocycles. The Morgan fingerprint density at radius 1 is 0.361 bits per heavy atom. The maximum atomic E-state index is 12.9. The molecule has 0 aliphatic carbocycles. The van der Waals surface area contributed by atoms with Gasteiger partial charge in [0.25, 0.3) is 6.29 Å². The SMILES string of the molecule is CC/C=C\C/C=C\C/C=C\C/C=C\C/C=C\C/C=C\C/C=C\CCCCCCCCCCCCCC(=O)OC(COC(=O)CCCCC/C=C\C/C=C\C/C=C\C/C=C\C/C=C\C/C=C\C/C=C\CC)COC(OCC[N+](C)(C)C)C(=O)O. The van der Waals surface area contributed by atoms with Gasteiger partial charge in [-0.15, -0.1) is 0 Å². The second-order valence-corrected chi connectivity index (χ2v) is 22.0. The number of carboxylic acids is 1. The summed E-state index contributed by atoms with van der Waals surface area (Å²) in [4.78, 5) is 37.5.